The van der Waals surface area contributed by atoms with E-state index in [1.165, 1.54) is 28.2 Å². The molecule has 1 unspecified atom stereocenters. The van der Waals surface area contributed by atoms with Gasteiger partial charge in [-0.3, -0.25) is 14.9 Å². The highest BCUT2D eigenvalue weighted by Crippen LogP contribution is 2.33. The van der Waals surface area contributed by atoms with Crippen molar-refractivity contribution >= 4 is 28.9 Å². The number of hydrogen-bond donors (Lipinski definition) is 3. The lowest BCUT2D eigenvalue weighted by molar-refractivity contribution is -0.136. The third-order valence-corrected chi connectivity index (χ3v) is 9.20. The zero-order valence-electron chi connectivity index (χ0n) is 25.5. The molecule has 7 heteroatoms. The minimum Gasteiger partial charge on any atom is -0.480 e. The van der Waals surface area contributed by atoms with Crippen LogP contribution < -0.4 is 16.0 Å². The third-order valence-electron chi connectivity index (χ3n) is 8.27. The molecule has 6 nitrogen and oxygen atoms in total. The molecule has 0 saturated heterocycles. The molecule has 226 valence electrons. The molecule has 0 bridgehead atoms. The van der Waals surface area contributed by atoms with Gasteiger partial charge in [0.25, 0.3) is 0 Å². The first-order chi connectivity index (χ1) is 20.7. The van der Waals surface area contributed by atoms with E-state index in [1.807, 2.05) is 18.2 Å². The van der Waals surface area contributed by atoms with Crippen LogP contribution in [0.2, 0.25) is 0 Å². The second kappa shape index (κ2) is 14.5. The van der Waals surface area contributed by atoms with Crippen LogP contribution in [0.3, 0.4) is 0 Å². The molecule has 3 aromatic carbocycles. The summed E-state index contributed by atoms with van der Waals surface area (Å²) in [6, 6.07) is 29.2. The number of aliphatic carboxylic acids is 1. The van der Waals surface area contributed by atoms with Crippen LogP contribution in [0.5, 0.6) is 0 Å². The number of thiophene rings is 1. The molecule has 0 aliphatic rings. The third kappa shape index (κ3) is 7.72. The first-order valence-electron chi connectivity index (χ1n) is 15.0. The Balaban J connectivity index is 1.52. The lowest BCUT2D eigenvalue weighted by atomic mass is 9.84. The predicted molar refractivity (Wildman–Crippen MR) is 177 cm³/mol. The molecular weight excluding hydrogens is 554 g/mol. The SMILES string of the molecule is CCC(CC)c1ccc(N(Cc2ccc(-c3csc(CC(NCC(=O)O)(C(N)=O)c4ccccc4)c3)cc2)C(C)C)cc1. The molecule has 4 aromatic rings. The molecule has 0 aliphatic heterocycles. The number of nitrogens with one attached hydrogen (secondary N) is 1. The van der Waals surface area contributed by atoms with Crippen molar-refractivity contribution in [3.63, 3.8) is 0 Å². The van der Waals surface area contributed by atoms with Crippen molar-refractivity contribution in [3.05, 3.63) is 112 Å². The number of rotatable bonds is 15. The van der Waals surface area contributed by atoms with Crippen molar-refractivity contribution in [2.45, 2.75) is 71.0 Å². The van der Waals surface area contributed by atoms with Gasteiger partial charge < -0.3 is 15.7 Å². The normalized spacial score (nSPS) is 12.8. The summed E-state index contributed by atoms with van der Waals surface area (Å²) in [5.41, 5.74) is 11.2. The minimum absolute atomic E-state index is 0.252. The van der Waals surface area contributed by atoms with Crippen molar-refractivity contribution < 1.29 is 14.7 Å². The van der Waals surface area contributed by atoms with Gasteiger partial charge in [0, 0.05) is 29.6 Å². The number of carboxylic acid groups (broad SMARTS) is 1. The summed E-state index contributed by atoms with van der Waals surface area (Å²) in [6.45, 7) is 9.38. The van der Waals surface area contributed by atoms with Gasteiger partial charge in [0.1, 0.15) is 5.54 Å². The van der Waals surface area contributed by atoms with Crippen LogP contribution in [0.4, 0.5) is 5.69 Å². The number of carbonyl (C=O) groups excluding carboxylic acids is 1. The van der Waals surface area contributed by atoms with Crippen LogP contribution in [-0.2, 0) is 28.1 Å². The average Bonchev–Trinajstić information content (AvgIpc) is 3.48. The largest absolute Gasteiger partial charge is 0.480 e. The van der Waals surface area contributed by atoms with Crippen molar-refractivity contribution in [2.75, 3.05) is 11.4 Å². The van der Waals surface area contributed by atoms with Gasteiger partial charge >= 0.3 is 5.97 Å². The van der Waals surface area contributed by atoms with Gasteiger partial charge in [-0.1, -0.05) is 80.6 Å². The van der Waals surface area contributed by atoms with E-state index < -0.39 is 17.4 Å². The number of hydrogen-bond acceptors (Lipinski definition) is 5. The van der Waals surface area contributed by atoms with Crippen LogP contribution in [0.1, 0.15) is 68.0 Å². The Bertz CT molecular complexity index is 1480. The molecule has 1 amide bonds. The summed E-state index contributed by atoms with van der Waals surface area (Å²) >= 11 is 1.54. The predicted octanol–water partition coefficient (Wildman–Crippen LogP) is 7.33. The van der Waals surface area contributed by atoms with E-state index >= 15 is 0 Å². The number of anilines is 1. The highest BCUT2D eigenvalue weighted by Gasteiger charge is 2.39. The first-order valence-corrected chi connectivity index (χ1v) is 15.9. The number of carboxylic acids is 1. The Morgan fingerprint density at radius 3 is 2.14 bits per heavy atom. The summed E-state index contributed by atoms with van der Waals surface area (Å²) in [5, 5.41) is 14.3. The number of nitrogens with zero attached hydrogens (tertiary/aromatic N) is 1. The molecule has 0 radical (unpaired) electrons. The maximum absolute atomic E-state index is 12.8. The number of amides is 1. The van der Waals surface area contributed by atoms with E-state index in [0.717, 1.165) is 35.4 Å². The molecule has 0 fully saturated rings. The average molecular weight is 598 g/mol. The molecular formula is C36H43N3O3S. The van der Waals surface area contributed by atoms with Gasteiger partial charge in [-0.25, -0.2) is 0 Å². The van der Waals surface area contributed by atoms with Crippen LogP contribution >= 0.6 is 11.3 Å². The monoisotopic (exact) mass is 597 g/mol. The molecule has 4 rings (SSSR count). The zero-order valence-corrected chi connectivity index (χ0v) is 26.4. The highest BCUT2D eigenvalue weighted by molar-refractivity contribution is 7.10. The van der Waals surface area contributed by atoms with Crippen LogP contribution in [0.25, 0.3) is 11.1 Å². The number of carbonyl (C=O) groups is 2. The smallest absolute Gasteiger partial charge is 0.317 e. The van der Waals surface area contributed by atoms with E-state index in [4.69, 9.17) is 5.73 Å². The number of nitrogens with two attached hydrogens (primary N) is 1. The fraction of sp³-hybridized carbons (Fsp3) is 0.333. The summed E-state index contributed by atoms with van der Waals surface area (Å²) in [6.07, 6.45) is 2.56. The fourth-order valence-electron chi connectivity index (χ4n) is 5.69. The van der Waals surface area contributed by atoms with E-state index in [2.05, 4.69) is 97.9 Å². The van der Waals surface area contributed by atoms with E-state index in [0.29, 0.717) is 17.5 Å². The summed E-state index contributed by atoms with van der Waals surface area (Å²) in [5.74, 6) is -1.05. The van der Waals surface area contributed by atoms with Gasteiger partial charge in [0.05, 0.1) is 6.54 Å². The molecule has 1 heterocycles. The van der Waals surface area contributed by atoms with Crippen molar-refractivity contribution in [1.82, 2.24) is 5.32 Å². The molecule has 0 aliphatic carbocycles. The van der Waals surface area contributed by atoms with E-state index in [1.54, 1.807) is 12.1 Å². The molecule has 4 N–H and O–H groups in total. The quantitative estimate of drug-likeness (QED) is 0.133. The molecule has 43 heavy (non-hydrogen) atoms. The minimum atomic E-state index is -1.34. The summed E-state index contributed by atoms with van der Waals surface area (Å²) in [7, 11) is 0. The second-order valence-corrected chi connectivity index (χ2v) is 12.4. The van der Waals surface area contributed by atoms with Crippen LogP contribution in [0.15, 0.2) is 90.3 Å². The van der Waals surface area contributed by atoms with E-state index in [-0.39, 0.29) is 13.0 Å². The van der Waals surface area contributed by atoms with Gasteiger partial charge in [0.15, 0.2) is 0 Å². The standard InChI is InChI=1S/C36H43N3O3S/c1-5-27(6-2)28-16-18-32(19-17-28)39(25(3)4)23-26-12-14-29(15-13-26)30-20-33(43-24-30)21-36(35(37)42,38-22-34(40)41)31-10-8-7-9-11-31/h7-20,24-25,27,38H,5-6,21-23H2,1-4H3,(H2,37,42)(H,40,41). The Hall–Kier alpha value is -3.94. The second-order valence-electron chi connectivity index (χ2n) is 11.4. The lowest BCUT2D eigenvalue weighted by Crippen LogP contribution is -2.55. The molecule has 0 saturated carbocycles. The molecule has 1 atom stereocenters. The Labute approximate surface area is 259 Å². The van der Waals surface area contributed by atoms with Crippen molar-refractivity contribution in [1.29, 1.82) is 0 Å². The van der Waals surface area contributed by atoms with Crippen LogP contribution in [-0.4, -0.2) is 29.6 Å². The first kappa shape index (κ1) is 32.0. The van der Waals surface area contributed by atoms with Gasteiger partial charge in [-0.15, -0.1) is 11.3 Å². The van der Waals surface area contributed by atoms with Crippen molar-refractivity contribution in [3.8, 4) is 11.1 Å². The van der Waals surface area contributed by atoms with E-state index in [9.17, 15) is 14.7 Å². The Kier molecular flexibility index (Phi) is 10.8. The van der Waals surface area contributed by atoms with Crippen molar-refractivity contribution in [2.24, 2.45) is 5.73 Å². The Morgan fingerprint density at radius 2 is 1.58 bits per heavy atom. The number of benzene rings is 3. The van der Waals surface area contributed by atoms with Gasteiger partial charge in [0.2, 0.25) is 5.91 Å². The fourth-order valence-corrected chi connectivity index (χ4v) is 6.67. The number of primary amides is 1. The lowest BCUT2D eigenvalue weighted by Gasteiger charge is -2.31. The summed E-state index contributed by atoms with van der Waals surface area (Å²) < 4.78 is 0. The maximum Gasteiger partial charge on any atom is 0.317 e. The zero-order chi connectivity index (χ0) is 31.0. The Morgan fingerprint density at radius 1 is 0.930 bits per heavy atom. The van der Waals surface area contributed by atoms with Gasteiger partial charge in [-0.2, -0.15) is 0 Å². The molecule has 0 spiro atoms. The van der Waals surface area contributed by atoms with Gasteiger partial charge in [-0.05, 0) is 84.0 Å². The topological polar surface area (TPSA) is 95.7 Å². The highest BCUT2D eigenvalue weighted by atomic mass is 32.1. The molecule has 1 aromatic heterocycles. The summed E-state index contributed by atoms with van der Waals surface area (Å²) in [4.78, 5) is 27.6. The maximum atomic E-state index is 12.8. The van der Waals surface area contributed by atoms with Crippen LogP contribution in [0, 0.1) is 0 Å².